The standard InChI is InChI=1S/C20H19NO/c1-3-16(14-15-10-6-5-7-11-15)20-17(4-2)21-18-12-8-9-13-19(18)22-20/h3-10,12-15,21H,1-2,11H2/b16-14+. The molecule has 2 aliphatic rings. The lowest BCUT2D eigenvalue weighted by molar-refractivity contribution is 0.429. The Morgan fingerprint density at radius 1 is 1.23 bits per heavy atom. The molecule has 0 bridgehead atoms. The number of nitrogens with one attached hydrogen (secondary N) is 1. The molecule has 1 aromatic rings. The molecule has 2 nitrogen and oxygen atoms in total. The van der Waals surface area contributed by atoms with Crippen LogP contribution in [-0.2, 0) is 0 Å². The quantitative estimate of drug-likeness (QED) is 0.775. The third-order valence-corrected chi connectivity index (χ3v) is 3.71. The predicted octanol–water partition coefficient (Wildman–Crippen LogP) is 5.13. The summed E-state index contributed by atoms with van der Waals surface area (Å²) in [5.74, 6) is 1.94. The maximum absolute atomic E-state index is 6.09. The minimum absolute atomic E-state index is 0.359. The topological polar surface area (TPSA) is 21.3 Å². The monoisotopic (exact) mass is 289 g/mol. The normalized spacial score (nSPS) is 20.0. The van der Waals surface area contributed by atoms with Crippen LogP contribution in [0.1, 0.15) is 6.42 Å². The van der Waals surface area contributed by atoms with Gasteiger partial charge >= 0.3 is 0 Å². The average Bonchev–Trinajstić information content (AvgIpc) is 2.59. The van der Waals surface area contributed by atoms with Gasteiger partial charge < -0.3 is 10.1 Å². The maximum atomic E-state index is 6.09. The van der Waals surface area contributed by atoms with Crippen molar-refractivity contribution in [3.63, 3.8) is 0 Å². The van der Waals surface area contributed by atoms with E-state index in [4.69, 9.17) is 4.74 Å². The van der Waals surface area contributed by atoms with E-state index in [1.54, 1.807) is 6.08 Å². The van der Waals surface area contributed by atoms with Gasteiger partial charge in [-0.15, -0.1) is 0 Å². The van der Waals surface area contributed by atoms with E-state index in [2.05, 4.69) is 48.9 Å². The maximum Gasteiger partial charge on any atom is 0.157 e. The van der Waals surface area contributed by atoms with Crippen LogP contribution >= 0.6 is 0 Å². The summed E-state index contributed by atoms with van der Waals surface area (Å²) >= 11 is 0. The first-order valence-corrected chi connectivity index (χ1v) is 7.40. The van der Waals surface area contributed by atoms with Crippen molar-refractivity contribution < 1.29 is 4.74 Å². The minimum Gasteiger partial charge on any atom is -0.452 e. The second kappa shape index (κ2) is 6.35. The van der Waals surface area contributed by atoms with Crippen molar-refractivity contribution in [1.29, 1.82) is 0 Å². The summed E-state index contributed by atoms with van der Waals surface area (Å²) in [7, 11) is 0. The van der Waals surface area contributed by atoms with Crippen LogP contribution in [0.4, 0.5) is 5.69 Å². The predicted molar refractivity (Wildman–Crippen MR) is 92.6 cm³/mol. The third-order valence-electron chi connectivity index (χ3n) is 3.71. The number of benzene rings is 1. The number of anilines is 1. The Balaban J connectivity index is 1.96. The molecule has 2 heteroatoms. The van der Waals surface area contributed by atoms with Crippen LogP contribution in [-0.4, -0.2) is 0 Å². The number of para-hydroxylation sites is 2. The summed E-state index contributed by atoms with van der Waals surface area (Å²) in [4.78, 5) is 0. The number of fused-ring (bicyclic) bond motifs is 1. The summed E-state index contributed by atoms with van der Waals surface area (Å²) in [5, 5.41) is 3.36. The van der Waals surface area contributed by atoms with Crippen LogP contribution in [0.3, 0.4) is 0 Å². The number of ether oxygens (including phenoxy) is 1. The highest BCUT2D eigenvalue weighted by Crippen LogP contribution is 2.35. The molecule has 3 rings (SSSR count). The molecule has 1 N–H and O–H groups in total. The zero-order valence-corrected chi connectivity index (χ0v) is 12.5. The molecule has 0 spiro atoms. The lowest BCUT2D eigenvalue weighted by Gasteiger charge is -2.24. The fourth-order valence-corrected chi connectivity index (χ4v) is 2.57. The summed E-state index contributed by atoms with van der Waals surface area (Å²) < 4.78 is 6.09. The molecule has 1 heterocycles. The van der Waals surface area contributed by atoms with Crippen molar-refractivity contribution in [2.75, 3.05) is 5.32 Å². The molecule has 22 heavy (non-hydrogen) atoms. The van der Waals surface area contributed by atoms with E-state index in [1.165, 1.54) is 0 Å². The van der Waals surface area contributed by atoms with Gasteiger partial charge in [0.15, 0.2) is 11.5 Å². The molecular weight excluding hydrogens is 270 g/mol. The molecule has 1 atom stereocenters. The van der Waals surface area contributed by atoms with Gasteiger partial charge in [0.05, 0.1) is 11.4 Å². The van der Waals surface area contributed by atoms with E-state index in [1.807, 2.05) is 30.3 Å². The molecule has 0 radical (unpaired) electrons. The van der Waals surface area contributed by atoms with Crippen LogP contribution in [0.25, 0.3) is 0 Å². The molecule has 1 aromatic carbocycles. The molecule has 1 unspecified atom stereocenters. The first-order chi connectivity index (χ1) is 10.8. The second-order valence-electron chi connectivity index (χ2n) is 5.21. The summed E-state index contributed by atoms with van der Waals surface area (Å²) in [5.41, 5.74) is 2.78. The van der Waals surface area contributed by atoms with Gasteiger partial charge in [0.25, 0.3) is 0 Å². The largest absolute Gasteiger partial charge is 0.452 e. The number of hydrogen-bond acceptors (Lipinski definition) is 2. The molecule has 0 amide bonds. The van der Waals surface area contributed by atoms with Gasteiger partial charge in [-0.2, -0.15) is 0 Å². The van der Waals surface area contributed by atoms with Crippen molar-refractivity contribution in [2.45, 2.75) is 6.42 Å². The van der Waals surface area contributed by atoms with E-state index in [0.29, 0.717) is 5.92 Å². The fourth-order valence-electron chi connectivity index (χ4n) is 2.57. The number of hydrogen-bond donors (Lipinski definition) is 1. The zero-order chi connectivity index (χ0) is 15.4. The second-order valence-corrected chi connectivity index (χ2v) is 5.21. The molecule has 0 fully saturated rings. The van der Waals surface area contributed by atoms with Gasteiger partial charge in [0.1, 0.15) is 0 Å². The third kappa shape index (κ3) is 2.82. The Morgan fingerprint density at radius 2 is 2.09 bits per heavy atom. The van der Waals surface area contributed by atoms with Gasteiger partial charge in [0.2, 0.25) is 0 Å². The molecule has 110 valence electrons. The first kappa shape index (κ1) is 14.2. The van der Waals surface area contributed by atoms with E-state index in [0.717, 1.165) is 34.9 Å². The molecule has 1 aliphatic heterocycles. The van der Waals surface area contributed by atoms with Gasteiger partial charge in [-0.3, -0.25) is 0 Å². The van der Waals surface area contributed by atoms with Gasteiger partial charge in [0, 0.05) is 5.57 Å². The Kier molecular flexibility index (Phi) is 4.10. The van der Waals surface area contributed by atoms with Gasteiger partial charge in [-0.1, -0.05) is 61.7 Å². The van der Waals surface area contributed by atoms with E-state index >= 15 is 0 Å². The van der Waals surface area contributed by atoms with E-state index in [9.17, 15) is 0 Å². The van der Waals surface area contributed by atoms with Crippen molar-refractivity contribution in [1.82, 2.24) is 0 Å². The van der Waals surface area contributed by atoms with Crippen molar-refractivity contribution in [2.24, 2.45) is 5.92 Å². The van der Waals surface area contributed by atoms with Crippen molar-refractivity contribution >= 4 is 5.69 Å². The fraction of sp³-hybridized carbons (Fsp3) is 0.100. The summed E-state index contributed by atoms with van der Waals surface area (Å²) in [6, 6.07) is 7.88. The smallest absolute Gasteiger partial charge is 0.157 e. The van der Waals surface area contributed by atoms with E-state index in [-0.39, 0.29) is 0 Å². The first-order valence-electron chi connectivity index (χ1n) is 7.40. The molecule has 0 saturated heterocycles. The van der Waals surface area contributed by atoms with E-state index < -0.39 is 0 Å². The number of allylic oxidation sites excluding steroid dienone is 7. The lowest BCUT2D eigenvalue weighted by Crippen LogP contribution is -2.14. The Labute approximate surface area is 131 Å². The minimum atomic E-state index is 0.359. The average molecular weight is 289 g/mol. The SMILES string of the molecule is C=CC1=C(/C(C=C)=C/C2C=CC=CC2)Oc2ccccc2N1. The highest BCUT2D eigenvalue weighted by Gasteiger charge is 2.19. The highest BCUT2D eigenvalue weighted by molar-refractivity contribution is 5.66. The van der Waals surface area contributed by atoms with Crippen molar-refractivity contribution in [3.05, 3.63) is 97.0 Å². The zero-order valence-electron chi connectivity index (χ0n) is 12.5. The molecule has 0 aromatic heterocycles. The Morgan fingerprint density at radius 3 is 2.82 bits per heavy atom. The Hall–Kier alpha value is -2.74. The van der Waals surface area contributed by atoms with Gasteiger partial charge in [-0.05, 0) is 30.5 Å². The van der Waals surface area contributed by atoms with Crippen LogP contribution in [0.15, 0.2) is 97.0 Å². The highest BCUT2D eigenvalue weighted by atomic mass is 16.5. The van der Waals surface area contributed by atoms with Crippen LogP contribution < -0.4 is 10.1 Å². The van der Waals surface area contributed by atoms with Crippen LogP contribution in [0.5, 0.6) is 5.75 Å². The summed E-state index contributed by atoms with van der Waals surface area (Å²) in [6.45, 7) is 7.82. The van der Waals surface area contributed by atoms with Crippen molar-refractivity contribution in [3.8, 4) is 5.75 Å². The lowest BCUT2D eigenvalue weighted by atomic mass is 9.96. The molecule has 1 aliphatic carbocycles. The molecular formula is C20H19NO. The van der Waals surface area contributed by atoms with Crippen LogP contribution in [0, 0.1) is 5.92 Å². The Bertz CT molecular complexity index is 719. The summed E-state index contributed by atoms with van der Waals surface area (Å²) in [6.07, 6.45) is 15.3. The van der Waals surface area contributed by atoms with Crippen LogP contribution in [0.2, 0.25) is 0 Å². The van der Waals surface area contributed by atoms with Gasteiger partial charge in [-0.25, -0.2) is 0 Å². The molecule has 0 saturated carbocycles. The number of rotatable bonds is 4.